The second-order valence-electron chi connectivity index (χ2n) is 6.94. The van der Waals surface area contributed by atoms with Crippen molar-refractivity contribution >= 4 is 36.4 Å². The lowest BCUT2D eigenvalue weighted by Gasteiger charge is -2.35. The highest BCUT2D eigenvalue weighted by molar-refractivity contribution is 5.94. The van der Waals surface area contributed by atoms with Gasteiger partial charge in [-0.05, 0) is 44.6 Å². The molecule has 1 N–H and O–H groups in total. The highest BCUT2D eigenvalue weighted by atomic mass is 35.5. The first-order chi connectivity index (χ1) is 12.1. The van der Waals surface area contributed by atoms with Crippen molar-refractivity contribution < 1.29 is 9.18 Å². The molecule has 8 heteroatoms. The van der Waals surface area contributed by atoms with Crippen molar-refractivity contribution in [3.8, 4) is 0 Å². The standard InChI is InChI=1S/C19H29FN4O.2ClH/c1-3-22-10-12-23(13-11-22)18-5-4-15(14-17(18)20)19(25)24-8-6-16(21-2)7-9-24;;/h4-5,14,16,21H,3,6-13H2,1-2H3;2*1H. The maximum absolute atomic E-state index is 14.6. The number of piperazine rings is 1. The van der Waals surface area contributed by atoms with E-state index in [1.165, 1.54) is 6.07 Å². The van der Waals surface area contributed by atoms with Gasteiger partial charge in [-0.25, -0.2) is 4.39 Å². The highest BCUT2D eigenvalue weighted by Gasteiger charge is 2.24. The molecule has 0 aromatic heterocycles. The average Bonchev–Trinajstić information content (AvgIpc) is 2.67. The summed E-state index contributed by atoms with van der Waals surface area (Å²) in [5.74, 6) is -0.350. The minimum absolute atomic E-state index is 0. The Balaban J connectivity index is 0.00000182. The summed E-state index contributed by atoms with van der Waals surface area (Å²) in [7, 11) is 1.95. The fourth-order valence-electron chi connectivity index (χ4n) is 3.76. The van der Waals surface area contributed by atoms with Gasteiger partial charge < -0.3 is 20.0 Å². The first-order valence-corrected chi connectivity index (χ1v) is 9.35. The van der Waals surface area contributed by atoms with Gasteiger partial charge in [0.1, 0.15) is 5.82 Å². The number of nitrogens with one attached hydrogen (secondary N) is 1. The lowest BCUT2D eigenvalue weighted by Crippen LogP contribution is -2.46. The fourth-order valence-corrected chi connectivity index (χ4v) is 3.76. The van der Waals surface area contributed by atoms with E-state index in [-0.39, 0.29) is 36.5 Å². The fraction of sp³-hybridized carbons (Fsp3) is 0.632. The predicted molar refractivity (Wildman–Crippen MR) is 113 cm³/mol. The lowest BCUT2D eigenvalue weighted by atomic mass is 10.0. The van der Waals surface area contributed by atoms with E-state index in [0.717, 1.165) is 58.7 Å². The second kappa shape index (κ2) is 11.1. The average molecular weight is 421 g/mol. The van der Waals surface area contributed by atoms with Gasteiger partial charge in [-0.2, -0.15) is 0 Å². The van der Waals surface area contributed by atoms with Crippen molar-refractivity contribution in [3.63, 3.8) is 0 Å². The number of hydrogen-bond acceptors (Lipinski definition) is 4. The van der Waals surface area contributed by atoms with Gasteiger partial charge in [0, 0.05) is 50.9 Å². The van der Waals surface area contributed by atoms with Crippen LogP contribution in [-0.4, -0.2) is 74.6 Å². The Bertz CT molecular complexity index is 603. The number of likely N-dealkylation sites (N-methyl/N-ethyl adjacent to an activating group) is 1. The number of likely N-dealkylation sites (tertiary alicyclic amines) is 1. The summed E-state index contributed by atoms with van der Waals surface area (Å²) in [5.41, 5.74) is 1.07. The van der Waals surface area contributed by atoms with Gasteiger partial charge in [-0.1, -0.05) is 6.92 Å². The summed E-state index contributed by atoms with van der Waals surface area (Å²) in [6.07, 6.45) is 1.90. The Morgan fingerprint density at radius 1 is 1.11 bits per heavy atom. The molecular formula is C19H31Cl2FN4O. The number of halogens is 3. The molecule has 2 aliphatic rings. The number of carbonyl (C=O) groups is 1. The Hall–Kier alpha value is -1.08. The zero-order valence-electron chi connectivity index (χ0n) is 16.1. The molecule has 3 rings (SSSR count). The summed E-state index contributed by atoms with van der Waals surface area (Å²) in [4.78, 5) is 18.9. The SMILES string of the molecule is CCN1CCN(c2ccc(C(=O)N3CCC(NC)CC3)cc2F)CC1.Cl.Cl. The number of benzene rings is 1. The Kier molecular flexibility index (Phi) is 9.81. The van der Waals surface area contributed by atoms with Crippen LogP contribution in [0.2, 0.25) is 0 Å². The molecule has 0 saturated carbocycles. The Labute approximate surface area is 174 Å². The molecule has 0 unspecified atom stereocenters. The van der Waals surface area contributed by atoms with Crippen LogP contribution in [0.5, 0.6) is 0 Å². The van der Waals surface area contributed by atoms with Crippen LogP contribution in [0.25, 0.3) is 0 Å². The van der Waals surface area contributed by atoms with E-state index in [1.54, 1.807) is 12.1 Å². The molecule has 0 aliphatic carbocycles. The molecule has 0 bridgehead atoms. The molecule has 2 fully saturated rings. The zero-order chi connectivity index (χ0) is 17.8. The lowest BCUT2D eigenvalue weighted by molar-refractivity contribution is 0.0707. The summed E-state index contributed by atoms with van der Waals surface area (Å²) >= 11 is 0. The largest absolute Gasteiger partial charge is 0.367 e. The number of carbonyl (C=O) groups excluding carboxylic acids is 1. The molecule has 1 amide bonds. The van der Waals surface area contributed by atoms with Gasteiger partial charge in [-0.15, -0.1) is 24.8 Å². The molecule has 2 heterocycles. The molecular weight excluding hydrogens is 390 g/mol. The smallest absolute Gasteiger partial charge is 0.253 e. The van der Waals surface area contributed by atoms with Gasteiger partial charge >= 0.3 is 0 Å². The van der Waals surface area contributed by atoms with Crippen LogP contribution in [0.1, 0.15) is 30.1 Å². The third-order valence-corrected chi connectivity index (χ3v) is 5.55. The highest BCUT2D eigenvalue weighted by Crippen LogP contribution is 2.23. The van der Waals surface area contributed by atoms with Crippen molar-refractivity contribution in [1.82, 2.24) is 15.1 Å². The van der Waals surface area contributed by atoms with Crippen LogP contribution in [0, 0.1) is 5.82 Å². The predicted octanol–water partition coefficient (Wildman–Crippen LogP) is 2.64. The second-order valence-corrected chi connectivity index (χ2v) is 6.94. The summed E-state index contributed by atoms with van der Waals surface area (Å²) in [6.45, 7) is 8.21. The Morgan fingerprint density at radius 2 is 1.74 bits per heavy atom. The maximum atomic E-state index is 14.6. The van der Waals surface area contributed by atoms with Crippen molar-refractivity contribution in [2.45, 2.75) is 25.8 Å². The van der Waals surface area contributed by atoms with Crippen LogP contribution in [0.3, 0.4) is 0 Å². The molecule has 0 radical (unpaired) electrons. The van der Waals surface area contributed by atoms with Crippen LogP contribution in [0.15, 0.2) is 18.2 Å². The van der Waals surface area contributed by atoms with E-state index >= 15 is 0 Å². The van der Waals surface area contributed by atoms with Crippen LogP contribution >= 0.6 is 24.8 Å². The van der Waals surface area contributed by atoms with E-state index < -0.39 is 0 Å². The molecule has 2 saturated heterocycles. The number of piperidine rings is 1. The molecule has 2 aliphatic heterocycles. The number of nitrogens with zero attached hydrogens (tertiary/aromatic N) is 3. The normalized spacial score (nSPS) is 18.6. The van der Waals surface area contributed by atoms with Crippen molar-refractivity contribution in [2.24, 2.45) is 0 Å². The van der Waals surface area contributed by atoms with Gasteiger partial charge in [0.2, 0.25) is 0 Å². The van der Waals surface area contributed by atoms with E-state index in [9.17, 15) is 9.18 Å². The molecule has 154 valence electrons. The van der Waals surface area contributed by atoms with E-state index in [1.807, 2.05) is 11.9 Å². The minimum atomic E-state index is -0.291. The summed E-state index contributed by atoms with van der Waals surface area (Å²) < 4.78 is 14.6. The summed E-state index contributed by atoms with van der Waals surface area (Å²) in [5, 5.41) is 3.26. The first-order valence-electron chi connectivity index (χ1n) is 9.35. The van der Waals surface area contributed by atoms with Gasteiger partial charge in [-0.3, -0.25) is 4.79 Å². The van der Waals surface area contributed by atoms with Crippen LogP contribution < -0.4 is 10.2 Å². The molecule has 1 aromatic carbocycles. The number of rotatable bonds is 4. The monoisotopic (exact) mass is 420 g/mol. The molecule has 1 aromatic rings. The molecule has 0 spiro atoms. The molecule has 0 atom stereocenters. The van der Waals surface area contributed by atoms with Crippen molar-refractivity contribution in [2.75, 3.05) is 57.8 Å². The van der Waals surface area contributed by atoms with Crippen molar-refractivity contribution in [3.05, 3.63) is 29.6 Å². The van der Waals surface area contributed by atoms with E-state index in [4.69, 9.17) is 0 Å². The number of hydrogen-bond donors (Lipinski definition) is 1. The zero-order valence-corrected chi connectivity index (χ0v) is 17.8. The third-order valence-electron chi connectivity index (χ3n) is 5.55. The number of anilines is 1. The van der Waals surface area contributed by atoms with Gasteiger partial charge in [0.05, 0.1) is 5.69 Å². The summed E-state index contributed by atoms with van der Waals surface area (Å²) in [6, 6.07) is 5.43. The Morgan fingerprint density at radius 3 is 2.26 bits per heavy atom. The van der Waals surface area contributed by atoms with E-state index in [0.29, 0.717) is 17.3 Å². The van der Waals surface area contributed by atoms with Crippen LogP contribution in [0.4, 0.5) is 10.1 Å². The quantitative estimate of drug-likeness (QED) is 0.812. The van der Waals surface area contributed by atoms with Gasteiger partial charge in [0.25, 0.3) is 5.91 Å². The van der Waals surface area contributed by atoms with Gasteiger partial charge in [0.15, 0.2) is 0 Å². The minimum Gasteiger partial charge on any atom is -0.367 e. The topological polar surface area (TPSA) is 38.8 Å². The molecule has 5 nitrogen and oxygen atoms in total. The first kappa shape index (κ1) is 24.0. The third kappa shape index (κ3) is 5.70. The molecule has 27 heavy (non-hydrogen) atoms. The maximum Gasteiger partial charge on any atom is 0.253 e. The number of amides is 1. The van der Waals surface area contributed by atoms with Crippen LogP contribution in [-0.2, 0) is 0 Å². The van der Waals surface area contributed by atoms with Crippen molar-refractivity contribution in [1.29, 1.82) is 0 Å². The van der Waals surface area contributed by atoms with E-state index in [2.05, 4.69) is 22.0 Å².